The summed E-state index contributed by atoms with van der Waals surface area (Å²) in [6.45, 7) is 0.279. The van der Waals surface area contributed by atoms with Crippen LogP contribution in [0.3, 0.4) is 0 Å². The Bertz CT molecular complexity index is 1440. The van der Waals surface area contributed by atoms with Crippen LogP contribution in [-0.2, 0) is 6.54 Å². The van der Waals surface area contributed by atoms with E-state index in [0.29, 0.717) is 17.1 Å². The number of nitrogens with zero attached hydrogens (tertiary/aromatic N) is 1. The van der Waals surface area contributed by atoms with Crippen molar-refractivity contribution >= 4 is 27.7 Å². The number of fused-ring (bicyclic) bond motifs is 3. The fraction of sp³-hybridized carbons (Fsp3) is 0.0769. The lowest BCUT2D eigenvalue weighted by atomic mass is 10.1. The van der Waals surface area contributed by atoms with Gasteiger partial charge in [0.2, 0.25) is 0 Å². The van der Waals surface area contributed by atoms with Crippen molar-refractivity contribution in [3.05, 3.63) is 95.9 Å². The topological polar surface area (TPSA) is 67.0 Å². The molecule has 1 amide bonds. The van der Waals surface area contributed by atoms with Crippen molar-refractivity contribution in [2.75, 3.05) is 7.11 Å². The summed E-state index contributed by atoms with van der Waals surface area (Å²) >= 11 is 0. The molecule has 32 heavy (non-hydrogen) atoms. The SMILES string of the molecule is COc1cccc(-c2nc(C(=O)NCc3ccc(F)cc3)cc3c2[nH]c2ccccc23)c1. The number of benzene rings is 3. The summed E-state index contributed by atoms with van der Waals surface area (Å²) in [5.74, 6) is 0.0971. The third-order valence-electron chi connectivity index (χ3n) is 5.44. The van der Waals surface area contributed by atoms with E-state index in [1.807, 2.05) is 48.5 Å². The van der Waals surface area contributed by atoms with Crippen LogP contribution in [0.15, 0.2) is 78.9 Å². The third kappa shape index (κ3) is 3.67. The number of nitrogens with one attached hydrogen (secondary N) is 2. The lowest BCUT2D eigenvalue weighted by molar-refractivity contribution is 0.0946. The fourth-order valence-corrected chi connectivity index (χ4v) is 3.82. The first-order valence-corrected chi connectivity index (χ1v) is 10.2. The normalized spacial score (nSPS) is 11.1. The first-order valence-electron chi connectivity index (χ1n) is 10.2. The molecule has 2 N–H and O–H groups in total. The second-order valence-corrected chi connectivity index (χ2v) is 7.49. The van der Waals surface area contributed by atoms with E-state index >= 15 is 0 Å². The first-order chi connectivity index (χ1) is 15.6. The van der Waals surface area contributed by atoms with Gasteiger partial charge in [-0.05, 0) is 42.0 Å². The Morgan fingerprint density at radius 2 is 1.81 bits per heavy atom. The maximum absolute atomic E-state index is 13.1. The minimum absolute atomic E-state index is 0.279. The molecule has 5 rings (SSSR count). The Hall–Kier alpha value is -4.19. The predicted octanol–water partition coefficient (Wildman–Crippen LogP) is 5.46. The number of ether oxygens (including phenoxy) is 1. The van der Waals surface area contributed by atoms with Crippen molar-refractivity contribution in [2.45, 2.75) is 6.54 Å². The van der Waals surface area contributed by atoms with Gasteiger partial charge in [-0.1, -0.05) is 42.5 Å². The number of hydrogen-bond donors (Lipinski definition) is 2. The number of halogens is 1. The van der Waals surface area contributed by atoms with E-state index in [1.54, 1.807) is 25.3 Å². The van der Waals surface area contributed by atoms with E-state index in [1.165, 1.54) is 12.1 Å². The number of methoxy groups -OCH3 is 1. The van der Waals surface area contributed by atoms with Gasteiger partial charge in [0, 0.05) is 28.4 Å². The largest absolute Gasteiger partial charge is 0.497 e. The van der Waals surface area contributed by atoms with Crippen LogP contribution >= 0.6 is 0 Å². The molecular formula is C26H20FN3O2. The van der Waals surface area contributed by atoms with Crippen molar-refractivity contribution in [2.24, 2.45) is 0 Å². The first kappa shape index (κ1) is 19.8. The van der Waals surface area contributed by atoms with E-state index in [4.69, 9.17) is 9.72 Å². The fourth-order valence-electron chi connectivity index (χ4n) is 3.82. The molecule has 0 aliphatic heterocycles. The Morgan fingerprint density at radius 3 is 2.62 bits per heavy atom. The second kappa shape index (κ2) is 8.15. The van der Waals surface area contributed by atoms with Crippen molar-refractivity contribution in [3.8, 4) is 17.0 Å². The van der Waals surface area contributed by atoms with Crippen molar-refractivity contribution < 1.29 is 13.9 Å². The number of carbonyl (C=O) groups is 1. The van der Waals surface area contributed by atoms with Crippen LogP contribution < -0.4 is 10.1 Å². The Kier molecular flexibility index (Phi) is 5.03. The zero-order valence-electron chi connectivity index (χ0n) is 17.4. The average molecular weight is 425 g/mol. The van der Waals surface area contributed by atoms with Gasteiger partial charge in [-0.2, -0.15) is 0 Å². The highest BCUT2D eigenvalue weighted by Crippen LogP contribution is 2.33. The Labute approximate surface area is 183 Å². The summed E-state index contributed by atoms with van der Waals surface area (Å²) in [4.78, 5) is 21.2. The highest BCUT2D eigenvalue weighted by molar-refractivity contribution is 6.13. The molecule has 0 saturated heterocycles. The third-order valence-corrected chi connectivity index (χ3v) is 5.44. The molecule has 2 heterocycles. The molecule has 2 aromatic heterocycles. The summed E-state index contributed by atoms with van der Waals surface area (Å²) in [6.07, 6.45) is 0. The molecule has 6 heteroatoms. The number of carbonyl (C=O) groups excluding carboxylic acids is 1. The van der Waals surface area contributed by atoms with Crippen LogP contribution in [0.25, 0.3) is 33.1 Å². The molecule has 0 atom stereocenters. The van der Waals surface area contributed by atoms with E-state index in [9.17, 15) is 9.18 Å². The van der Waals surface area contributed by atoms with Crippen molar-refractivity contribution in [1.82, 2.24) is 15.3 Å². The van der Waals surface area contributed by atoms with Crippen LogP contribution in [0, 0.1) is 5.82 Å². The van der Waals surface area contributed by atoms with Crippen LogP contribution in [0.5, 0.6) is 5.75 Å². The van der Waals surface area contributed by atoms with Crippen LogP contribution in [0.4, 0.5) is 4.39 Å². The van der Waals surface area contributed by atoms with Gasteiger partial charge < -0.3 is 15.0 Å². The van der Waals surface area contributed by atoms with Gasteiger partial charge in [0.1, 0.15) is 17.3 Å². The molecule has 3 aromatic carbocycles. The van der Waals surface area contributed by atoms with E-state index in [0.717, 1.165) is 32.9 Å². The van der Waals surface area contributed by atoms with E-state index in [2.05, 4.69) is 10.3 Å². The van der Waals surface area contributed by atoms with E-state index in [-0.39, 0.29) is 18.3 Å². The average Bonchev–Trinajstić information content (AvgIpc) is 3.21. The maximum Gasteiger partial charge on any atom is 0.270 e. The number of aromatic amines is 1. The predicted molar refractivity (Wildman–Crippen MR) is 123 cm³/mol. The van der Waals surface area contributed by atoms with Gasteiger partial charge in [-0.25, -0.2) is 9.37 Å². The Morgan fingerprint density at radius 1 is 1.00 bits per heavy atom. The molecule has 0 aliphatic carbocycles. The minimum Gasteiger partial charge on any atom is -0.497 e. The maximum atomic E-state index is 13.1. The summed E-state index contributed by atoms with van der Waals surface area (Å²) in [7, 11) is 1.62. The van der Waals surface area contributed by atoms with Gasteiger partial charge in [0.15, 0.2) is 0 Å². The smallest absolute Gasteiger partial charge is 0.270 e. The number of pyridine rings is 1. The van der Waals surface area contributed by atoms with Gasteiger partial charge in [0.25, 0.3) is 5.91 Å². The van der Waals surface area contributed by atoms with Crippen LogP contribution in [0.1, 0.15) is 16.1 Å². The zero-order valence-corrected chi connectivity index (χ0v) is 17.4. The monoisotopic (exact) mass is 425 g/mol. The van der Waals surface area contributed by atoms with Crippen molar-refractivity contribution in [3.63, 3.8) is 0 Å². The zero-order chi connectivity index (χ0) is 22.1. The molecule has 0 radical (unpaired) electrons. The molecule has 0 unspecified atom stereocenters. The van der Waals surface area contributed by atoms with Gasteiger partial charge in [-0.15, -0.1) is 0 Å². The quantitative estimate of drug-likeness (QED) is 0.393. The summed E-state index contributed by atoms with van der Waals surface area (Å²) in [6, 6.07) is 23.4. The molecule has 5 nitrogen and oxygen atoms in total. The number of aromatic nitrogens is 2. The van der Waals surface area contributed by atoms with Gasteiger partial charge in [0.05, 0.1) is 18.3 Å². The molecule has 0 fully saturated rings. The summed E-state index contributed by atoms with van der Waals surface area (Å²) < 4.78 is 18.5. The van der Waals surface area contributed by atoms with E-state index < -0.39 is 0 Å². The summed E-state index contributed by atoms with van der Waals surface area (Å²) in [5, 5.41) is 4.81. The lowest BCUT2D eigenvalue weighted by Gasteiger charge is -2.10. The number of rotatable bonds is 5. The number of amides is 1. The minimum atomic E-state index is -0.311. The molecule has 0 aliphatic rings. The Balaban J connectivity index is 1.60. The number of H-pyrrole nitrogens is 1. The van der Waals surface area contributed by atoms with Crippen LogP contribution in [-0.4, -0.2) is 23.0 Å². The van der Waals surface area contributed by atoms with Crippen LogP contribution in [0.2, 0.25) is 0 Å². The molecule has 158 valence electrons. The van der Waals surface area contributed by atoms with Gasteiger partial charge in [-0.3, -0.25) is 4.79 Å². The van der Waals surface area contributed by atoms with Crippen molar-refractivity contribution in [1.29, 1.82) is 0 Å². The lowest BCUT2D eigenvalue weighted by Crippen LogP contribution is -2.24. The molecule has 5 aromatic rings. The number of para-hydroxylation sites is 1. The molecule has 0 saturated carbocycles. The summed E-state index contributed by atoms with van der Waals surface area (Å²) in [5.41, 5.74) is 4.45. The standard InChI is InChI=1S/C26H20FN3O2/c1-32-19-6-4-5-17(13-19)24-25-21(20-7-2-3-8-22(20)29-25)14-23(30-24)26(31)28-15-16-9-11-18(27)12-10-16/h2-14,29H,15H2,1H3,(H,28,31). The molecule has 0 spiro atoms. The molecular weight excluding hydrogens is 405 g/mol. The van der Waals surface area contributed by atoms with Gasteiger partial charge >= 0.3 is 0 Å². The number of hydrogen-bond acceptors (Lipinski definition) is 3. The highest BCUT2D eigenvalue weighted by atomic mass is 19.1. The highest BCUT2D eigenvalue weighted by Gasteiger charge is 2.17. The second-order valence-electron chi connectivity index (χ2n) is 7.49. The molecule has 0 bridgehead atoms.